The number of hydrogen-bond donors (Lipinski definition) is 2. The number of hydrogen-bond acceptors (Lipinski definition) is 4. The van der Waals surface area contributed by atoms with Crippen LogP contribution in [0.5, 0.6) is 5.75 Å². The van der Waals surface area contributed by atoms with Gasteiger partial charge in [0.25, 0.3) is 11.8 Å². The van der Waals surface area contributed by atoms with Gasteiger partial charge in [-0.15, -0.1) is 0 Å². The summed E-state index contributed by atoms with van der Waals surface area (Å²) >= 11 is 24.4. The molecule has 0 aromatic heterocycles. The van der Waals surface area contributed by atoms with Crippen molar-refractivity contribution in [2.24, 2.45) is 0 Å². The number of halogens is 4. The lowest BCUT2D eigenvalue weighted by Crippen LogP contribution is -2.20. The molecule has 0 heterocycles. The summed E-state index contributed by atoms with van der Waals surface area (Å²) in [5.41, 5.74) is 2.23. The Morgan fingerprint density at radius 1 is 0.914 bits per heavy atom. The van der Waals surface area contributed by atoms with Crippen LogP contribution in [0, 0.1) is 18.3 Å². The Hall–Kier alpha value is -3.21. The molecule has 0 aliphatic carbocycles. The minimum atomic E-state index is -0.579. The van der Waals surface area contributed by atoms with Gasteiger partial charge in [0.2, 0.25) is 0 Å². The second-order valence-electron chi connectivity index (χ2n) is 7.27. The van der Waals surface area contributed by atoms with Crippen LogP contribution in [0.25, 0.3) is 6.08 Å². The molecule has 3 aromatic rings. The third-order valence-corrected chi connectivity index (χ3v) is 5.82. The lowest BCUT2D eigenvalue weighted by atomic mass is 10.1. The van der Waals surface area contributed by atoms with Crippen LogP contribution >= 0.6 is 46.4 Å². The van der Waals surface area contributed by atoms with E-state index in [0.717, 1.165) is 5.56 Å². The minimum absolute atomic E-state index is 0.0810. The maximum atomic E-state index is 12.5. The molecule has 0 aliphatic heterocycles. The zero-order chi connectivity index (χ0) is 25.5. The number of amides is 2. The van der Waals surface area contributed by atoms with Gasteiger partial charge in [0.05, 0.1) is 20.1 Å². The molecule has 0 aliphatic rings. The summed E-state index contributed by atoms with van der Waals surface area (Å²) in [6.45, 7) is 1.51. The van der Waals surface area contributed by atoms with E-state index in [9.17, 15) is 14.9 Å². The van der Waals surface area contributed by atoms with Crippen LogP contribution < -0.4 is 15.4 Å². The van der Waals surface area contributed by atoms with E-state index in [1.165, 1.54) is 24.3 Å². The number of aryl methyl sites for hydroxylation is 1. The third kappa shape index (κ3) is 7.38. The molecule has 0 unspecified atom stereocenters. The fraction of sp³-hybridized carbons (Fsp3) is 0.0800. The van der Waals surface area contributed by atoms with Crippen LogP contribution in [-0.4, -0.2) is 18.4 Å². The second-order valence-corrected chi connectivity index (χ2v) is 8.90. The van der Waals surface area contributed by atoms with Crippen molar-refractivity contribution in [2.75, 3.05) is 17.2 Å². The van der Waals surface area contributed by atoms with Gasteiger partial charge in [-0.05, 0) is 66.6 Å². The minimum Gasteiger partial charge on any atom is -0.481 e. The fourth-order valence-electron chi connectivity index (χ4n) is 2.95. The van der Waals surface area contributed by atoms with E-state index in [-0.39, 0.29) is 28.0 Å². The summed E-state index contributed by atoms with van der Waals surface area (Å²) in [6.07, 6.45) is 1.35. The number of nitriles is 1. The smallest absolute Gasteiger partial charge is 0.266 e. The molecule has 0 spiro atoms. The zero-order valence-electron chi connectivity index (χ0n) is 18.2. The average Bonchev–Trinajstić information content (AvgIpc) is 2.79. The first kappa shape index (κ1) is 26.4. The third-order valence-electron chi connectivity index (χ3n) is 4.52. The van der Waals surface area contributed by atoms with Gasteiger partial charge in [-0.3, -0.25) is 9.59 Å². The van der Waals surface area contributed by atoms with Crippen molar-refractivity contribution in [3.05, 3.63) is 91.4 Å². The van der Waals surface area contributed by atoms with Crippen molar-refractivity contribution in [3.8, 4) is 11.8 Å². The zero-order valence-corrected chi connectivity index (χ0v) is 21.2. The summed E-state index contributed by atoms with van der Waals surface area (Å²) in [5, 5.41) is 15.6. The van der Waals surface area contributed by atoms with Crippen LogP contribution in [0.3, 0.4) is 0 Å². The Balaban J connectivity index is 1.69. The Morgan fingerprint density at radius 2 is 1.60 bits per heavy atom. The average molecular weight is 549 g/mol. The molecular weight excluding hydrogens is 532 g/mol. The molecule has 10 heteroatoms. The monoisotopic (exact) mass is 547 g/mol. The SMILES string of the molecule is Cc1cccc(NC(=O)/C(C#N)=C/c2cc(Cl)c(OCC(=O)Nc3ccc(Cl)c(Cl)c3)c(Cl)c2)c1. The highest BCUT2D eigenvalue weighted by Crippen LogP contribution is 2.35. The van der Waals surface area contributed by atoms with Gasteiger partial charge in [-0.1, -0.05) is 58.5 Å². The van der Waals surface area contributed by atoms with E-state index >= 15 is 0 Å². The lowest BCUT2D eigenvalue weighted by Gasteiger charge is -2.12. The highest BCUT2D eigenvalue weighted by atomic mass is 35.5. The first-order chi connectivity index (χ1) is 16.7. The maximum Gasteiger partial charge on any atom is 0.266 e. The van der Waals surface area contributed by atoms with Crippen molar-refractivity contribution in [1.82, 2.24) is 0 Å². The molecule has 0 radical (unpaired) electrons. The van der Waals surface area contributed by atoms with Crippen molar-refractivity contribution >= 4 is 75.7 Å². The standard InChI is InChI=1S/C25H17Cl4N3O3/c1-14-3-2-4-17(7-14)32-25(34)16(12-30)8-15-9-21(28)24(22(29)10-15)35-13-23(33)31-18-5-6-19(26)20(27)11-18/h2-11H,13H2,1H3,(H,31,33)(H,32,34)/b16-8+. The Morgan fingerprint density at radius 3 is 2.23 bits per heavy atom. The van der Waals surface area contributed by atoms with Gasteiger partial charge in [0, 0.05) is 11.4 Å². The van der Waals surface area contributed by atoms with Gasteiger partial charge in [-0.2, -0.15) is 5.26 Å². The van der Waals surface area contributed by atoms with E-state index in [0.29, 0.717) is 27.0 Å². The Bertz CT molecular complexity index is 1340. The molecule has 35 heavy (non-hydrogen) atoms. The summed E-state index contributed by atoms with van der Waals surface area (Å²) in [4.78, 5) is 24.7. The largest absolute Gasteiger partial charge is 0.481 e. The number of carbonyl (C=O) groups excluding carboxylic acids is 2. The first-order valence-electron chi connectivity index (χ1n) is 10.0. The van der Waals surface area contributed by atoms with E-state index in [1.54, 1.807) is 30.3 Å². The molecule has 0 fully saturated rings. The molecule has 3 aromatic carbocycles. The molecule has 0 bridgehead atoms. The summed E-state index contributed by atoms with van der Waals surface area (Å²) in [5.74, 6) is -0.971. The topological polar surface area (TPSA) is 91.2 Å². The van der Waals surface area contributed by atoms with Gasteiger partial charge < -0.3 is 15.4 Å². The molecule has 178 valence electrons. The van der Waals surface area contributed by atoms with Crippen LogP contribution in [0.2, 0.25) is 20.1 Å². The number of benzene rings is 3. The lowest BCUT2D eigenvalue weighted by molar-refractivity contribution is -0.118. The van der Waals surface area contributed by atoms with E-state index < -0.39 is 11.8 Å². The molecule has 6 nitrogen and oxygen atoms in total. The van der Waals surface area contributed by atoms with Crippen molar-refractivity contribution in [3.63, 3.8) is 0 Å². The Labute approximate surface area is 222 Å². The highest BCUT2D eigenvalue weighted by Gasteiger charge is 2.14. The van der Waals surface area contributed by atoms with Gasteiger partial charge in [0.15, 0.2) is 12.4 Å². The van der Waals surface area contributed by atoms with Gasteiger partial charge in [0.1, 0.15) is 11.6 Å². The van der Waals surface area contributed by atoms with Crippen molar-refractivity contribution < 1.29 is 14.3 Å². The molecule has 0 saturated carbocycles. The van der Waals surface area contributed by atoms with E-state index in [1.807, 2.05) is 19.1 Å². The van der Waals surface area contributed by atoms with Crippen LogP contribution in [0.15, 0.2) is 60.2 Å². The number of anilines is 2. The van der Waals surface area contributed by atoms with Crippen molar-refractivity contribution in [2.45, 2.75) is 6.92 Å². The molecule has 2 amide bonds. The Kier molecular flexibility index (Phi) is 9.02. The quantitative estimate of drug-likeness (QED) is 0.242. The van der Waals surface area contributed by atoms with Crippen molar-refractivity contribution in [1.29, 1.82) is 5.26 Å². The summed E-state index contributed by atoms with van der Waals surface area (Å²) in [6, 6.07) is 16.6. The van der Waals surface area contributed by atoms with Gasteiger partial charge >= 0.3 is 0 Å². The second kappa shape index (κ2) is 12.0. The normalized spacial score (nSPS) is 10.9. The number of nitrogens with one attached hydrogen (secondary N) is 2. The number of nitrogens with zero attached hydrogens (tertiary/aromatic N) is 1. The number of carbonyl (C=O) groups is 2. The molecule has 3 rings (SSSR count). The predicted molar refractivity (Wildman–Crippen MR) is 140 cm³/mol. The van der Waals surface area contributed by atoms with Gasteiger partial charge in [-0.25, -0.2) is 0 Å². The maximum absolute atomic E-state index is 12.5. The molecule has 0 atom stereocenters. The van der Waals surface area contributed by atoms with Crippen LogP contribution in [0.1, 0.15) is 11.1 Å². The van der Waals surface area contributed by atoms with E-state index in [2.05, 4.69) is 10.6 Å². The highest BCUT2D eigenvalue weighted by molar-refractivity contribution is 6.42. The fourth-order valence-corrected chi connectivity index (χ4v) is 3.86. The van der Waals surface area contributed by atoms with E-state index in [4.69, 9.17) is 51.1 Å². The predicted octanol–water partition coefficient (Wildman–Crippen LogP) is 7.17. The molecular formula is C25H17Cl4N3O3. The first-order valence-corrected chi connectivity index (χ1v) is 11.5. The summed E-state index contributed by atoms with van der Waals surface area (Å²) in [7, 11) is 0. The summed E-state index contributed by atoms with van der Waals surface area (Å²) < 4.78 is 5.48. The molecule has 2 N–H and O–H groups in total. The van der Waals surface area contributed by atoms with Crippen LogP contribution in [-0.2, 0) is 9.59 Å². The molecule has 0 saturated heterocycles. The number of rotatable bonds is 7. The number of ether oxygens (including phenoxy) is 1. The van der Waals surface area contributed by atoms with Crippen LogP contribution in [0.4, 0.5) is 11.4 Å².